The number of methoxy groups -OCH3 is 3. The van der Waals surface area contributed by atoms with E-state index in [0.717, 1.165) is 0 Å². The van der Waals surface area contributed by atoms with Crippen LogP contribution in [0.25, 0.3) is 6.08 Å². The fourth-order valence-corrected chi connectivity index (χ4v) is 5.37. The number of allylic oxidation sites excluding steroid dienone is 1. The maximum absolute atomic E-state index is 13.8. The molecule has 0 unspecified atom stereocenters. The van der Waals surface area contributed by atoms with Gasteiger partial charge in [-0.25, -0.2) is 14.6 Å². The van der Waals surface area contributed by atoms with Crippen molar-refractivity contribution >= 4 is 29.4 Å². The van der Waals surface area contributed by atoms with Gasteiger partial charge >= 0.3 is 11.9 Å². The van der Waals surface area contributed by atoms with E-state index in [-0.39, 0.29) is 17.7 Å². The number of esters is 1. The molecule has 1 aliphatic rings. The fraction of sp³-hybridized carbons (Fsp3) is 0.286. The molecule has 1 atom stereocenters. The molecule has 2 heterocycles. The summed E-state index contributed by atoms with van der Waals surface area (Å²) in [6, 6.07) is 9.16. The summed E-state index contributed by atoms with van der Waals surface area (Å²) in [5.41, 5.74) is 1.51. The fourth-order valence-electron chi connectivity index (χ4n) is 4.32. The number of carboxylic acid groups (broad SMARTS) is 1. The lowest BCUT2D eigenvalue weighted by Gasteiger charge is -2.26. The molecule has 0 amide bonds. The highest BCUT2D eigenvalue weighted by atomic mass is 32.1. The van der Waals surface area contributed by atoms with Crippen molar-refractivity contribution in [2.24, 2.45) is 4.99 Å². The van der Waals surface area contributed by atoms with Crippen LogP contribution in [-0.4, -0.2) is 56.2 Å². The van der Waals surface area contributed by atoms with Crippen molar-refractivity contribution < 1.29 is 38.4 Å². The third-order valence-electron chi connectivity index (χ3n) is 6.06. The molecular weight excluding hydrogens is 540 g/mol. The van der Waals surface area contributed by atoms with Crippen LogP contribution in [0.4, 0.5) is 0 Å². The Hall–Kier alpha value is -4.58. The Morgan fingerprint density at radius 1 is 1.07 bits per heavy atom. The van der Waals surface area contributed by atoms with Crippen molar-refractivity contribution in [2.45, 2.75) is 19.9 Å². The summed E-state index contributed by atoms with van der Waals surface area (Å²) in [4.78, 5) is 42.7. The molecule has 0 fully saturated rings. The van der Waals surface area contributed by atoms with Crippen molar-refractivity contribution in [2.75, 3.05) is 34.5 Å². The molecule has 2 aromatic carbocycles. The number of aromatic nitrogens is 1. The third kappa shape index (κ3) is 5.57. The molecule has 4 rings (SSSR count). The maximum atomic E-state index is 13.8. The highest BCUT2D eigenvalue weighted by Gasteiger charge is 2.34. The minimum Gasteiger partial charge on any atom is -0.493 e. The third-order valence-corrected chi connectivity index (χ3v) is 7.04. The predicted molar refractivity (Wildman–Crippen MR) is 146 cm³/mol. The number of nitrogens with zero attached hydrogens (tertiary/aromatic N) is 2. The van der Waals surface area contributed by atoms with Gasteiger partial charge in [-0.2, -0.15) is 0 Å². The van der Waals surface area contributed by atoms with E-state index in [1.165, 1.54) is 37.2 Å². The normalized spacial score (nSPS) is 14.7. The van der Waals surface area contributed by atoms with E-state index in [1.807, 2.05) is 0 Å². The molecule has 12 heteroatoms. The van der Waals surface area contributed by atoms with Crippen LogP contribution in [0.5, 0.6) is 23.0 Å². The number of thiazole rings is 1. The van der Waals surface area contributed by atoms with Gasteiger partial charge in [0.15, 0.2) is 22.9 Å². The zero-order chi connectivity index (χ0) is 29.0. The van der Waals surface area contributed by atoms with Gasteiger partial charge < -0.3 is 28.8 Å². The average Bonchev–Trinajstić information content (AvgIpc) is 3.24. The number of carbonyl (C=O) groups is 2. The zero-order valence-electron chi connectivity index (χ0n) is 22.5. The molecule has 40 heavy (non-hydrogen) atoms. The van der Waals surface area contributed by atoms with Gasteiger partial charge in [0, 0.05) is 0 Å². The standard InChI is InChI=1S/C28H28N2O9S/c1-6-38-27(34)23-15(2)29-28-30(24(23)17-12-19(35-3)25(37-5)20(13-17)36-4)26(33)21(40-28)11-16-7-9-18(10-8-16)39-14-22(31)32/h7-13,24H,6,14H2,1-5H3,(H,31,32)/b21-11+/t24-/m1/s1. The van der Waals surface area contributed by atoms with Gasteiger partial charge in [-0.05, 0) is 55.3 Å². The van der Waals surface area contributed by atoms with Gasteiger partial charge in [0.1, 0.15) is 5.75 Å². The summed E-state index contributed by atoms with van der Waals surface area (Å²) < 4.78 is 28.9. The first-order valence-electron chi connectivity index (χ1n) is 12.2. The monoisotopic (exact) mass is 568 g/mol. The van der Waals surface area contributed by atoms with Gasteiger partial charge in [0.25, 0.3) is 5.56 Å². The summed E-state index contributed by atoms with van der Waals surface area (Å²) in [7, 11) is 4.46. The predicted octanol–water partition coefficient (Wildman–Crippen LogP) is 2.29. The lowest BCUT2D eigenvalue weighted by atomic mass is 9.95. The van der Waals surface area contributed by atoms with Crippen molar-refractivity contribution in [3.05, 3.63) is 78.5 Å². The van der Waals surface area contributed by atoms with Gasteiger partial charge in [-0.3, -0.25) is 9.36 Å². The van der Waals surface area contributed by atoms with Crippen LogP contribution in [0, 0.1) is 0 Å². The van der Waals surface area contributed by atoms with E-state index in [1.54, 1.807) is 56.3 Å². The molecular formula is C28H28N2O9S. The number of hydrogen-bond acceptors (Lipinski definition) is 10. The number of hydrogen-bond donors (Lipinski definition) is 1. The second kappa shape index (κ2) is 12.1. The minimum absolute atomic E-state index is 0.147. The first-order chi connectivity index (χ1) is 19.2. The number of carbonyl (C=O) groups excluding carboxylic acids is 1. The summed E-state index contributed by atoms with van der Waals surface area (Å²) in [5, 5.41) is 8.80. The molecule has 0 aliphatic carbocycles. The molecule has 210 valence electrons. The molecule has 0 bridgehead atoms. The lowest BCUT2D eigenvalue weighted by Crippen LogP contribution is -2.40. The van der Waals surface area contributed by atoms with E-state index >= 15 is 0 Å². The van der Waals surface area contributed by atoms with E-state index < -0.39 is 24.6 Å². The Morgan fingerprint density at radius 2 is 1.73 bits per heavy atom. The Labute approximate surface area is 233 Å². The summed E-state index contributed by atoms with van der Waals surface area (Å²) in [6.45, 7) is 3.09. The van der Waals surface area contributed by atoms with Gasteiger partial charge in [-0.15, -0.1) is 0 Å². The number of rotatable bonds is 10. The molecule has 11 nitrogen and oxygen atoms in total. The van der Waals surface area contributed by atoms with E-state index in [0.29, 0.717) is 49.2 Å². The molecule has 3 aromatic rings. The van der Waals surface area contributed by atoms with Crippen molar-refractivity contribution in [1.82, 2.24) is 4.57 Å². The van der Waals surface area contributed by atoms with Crippen LogP contribution >= 0.6 is 11.3 Å². The zero-order valence-corrected chi connectivity index (χ0v) is 23.4. The Balaban J connectivity index is 1.89. The Kier molecular flexibility index (Phi) is 8.58. The second-order valence-electron chi connectivity index (χ2n) is 8.51. The number of fused-ring (bicyclic) bond motifs is 1. The van der Waals surface area contributed by atoms with Crippen molar-refractivity contribution in [3.8, 4) is 23.0 Å². The Morgan fingerprint density at radius 3 is 2.27 bits per heavy atom. The average molecular weight is 569 g/mol. The molecule has 0 saturated carbocycles. The van der Waals surface area contributed by atoms with Crippen molar-refractivity contribution in [3.63, 3.8) is 0 Å². The number of aliphatic carboxylic acids is 1. The van der Waals surface area contributed by atoms with E-state index in [9.17, 15) is 14.4 Å². The molecule has 1 aliphatic heterocycles. The highest BCUT2D eigenvalue weighted by molar-refractivity contribution is 7.07. The first-order valence-corrected chi connectivity index (χ1v) is 13.0. The van der Waals surface area contributed by atoms with Crippen LogP contribution in [-0.2, 0) is 14.3 Å². The van der Waals surface area contributed by atoms with Gasteiger partial charge in [0.05, 0.1) is 49.8 Å². The van der Waals surface area contributed by atoms with E-state index in [4.69, 9.17) is 28.8 Å². The smallest absolute Gasteiger partial charge is 0.341 e. The SMILES string of the molecule is CCOC(=O)C1=C(C)N=c2s/c(=C/c3ccc(OCC(=O)O)cc3)c(=O)n2[C@@H]1c1cc(OC)c(OC)c(OC)c1. The van der Waals surface area contributed by atoms with Crippen LogP contribution in [0.15, 0.2) is 57.5 Å². The van der Waals surface area contributed by atoms with E-state index in [2.05, 4.69) is 4.99 Å². The topological polar surface area (TPSA) is 135 Å². The van der Waals surface area contributed by atoms with Gasteiger partial charge in [0.2, 0.25) is 5.75 Å². The summed E-state index contributed by atoms with van der Waals surface area (Å²) >= 11 is 1.18. The van der Waals surface area contributed by atoms with Crippen molar-refractivity contribution in [1.29, 1.82) is 0 Å². The summed E-state index contributed by atoms with van der Waals surface area (Å²) in [6.07, 6.45) is 1.69. The molecule has 0 spiro atoms. The highest BCUT2D eigenvalue weighted by Crippen LogP contribution is 2.42. The number of benzene rings is 2. The maximum Gasteiger partial charge on any atom is 0.341 e. The number of ether oxygens (including phenoxy) is 5. The Bertz CT molecular complexity index is 1630. The second-order valence-corrected chi connectivity index (χ2v) is 9.52. The largest absolute Gasteiger partial charge is 0.493 e. The molecule has 1 N–H and O–H groups in total. The summed E-state index contributed by atoms with van der Waals surface area (Å²) in [5.74, 6) is -0.185. The van der Waals surface area contributed by atoms with Crippen LogP contribution in [0.1, 0.15) is 31.0 Å². The molecule has 1 aromatic heterocycles. The van der Waals surface area contributed by atoms with Crippen LogP contribution in [0.2, 0.25) is 0 Å². The lowest BCUT2D eigenvalue weighted by molar-refractivity contribution is -0.140. The molecule has 0 saturated heterocycles. The number of carboxylic acids is 1. The quantitative estimate of drug-likeness (QED) is 0.366. The van der Waals surface area contributed by atoms with Gasteiger partial charge in [-0.1, -0.05) is 23.5 Å². The van der Waals surface area contributed by atoms with Crippen LogP contribution in [0.3, 0.4) is 0 Å². The minimum atomic E-state index is -1.08. The van der Waals surface area contributed by atoms with Crippen LogP contribution < -0.4 is 33.8 Å². The molecule has 0 radical (unpaired) electrons. The first kappa shape index (κ1) is 28.4.